The minimum absolute atomic E-state index is 0.184. The van der Waals surface area contributed by atoms with Gasteiger partial charge in [-0.2, -0.15) is 0 Å². The molecule has 7 nitrogen and oxygen atoms in total. The molecule has 122 valence electrons. The van der Waals surface area contributed by atoms with E-state index >= 15 is 0 Å². The second-order valence-corrected chi connectivity index (χ2v) is 6.13. The van der Waals surface area contributed by atoms with E-state index in [9.17, 15) is 4.79 Å². The van der Waals surface area contributed by atoms with Crippen molar-refractivity contribution < 1.29 is 4.79 Å². The number of likely N-dealkylation sites (tertiary alicyclic amines) is 1. The lowest BCUT2D eigenvalue weighted by Gasteiger charge is -2.33. The van der Waals surface area contributed by atoms with Crippen LogP contribution in [-0.4, -0.2) is 44.3 Å². The van der Waals surface area contributed by atoms with Crippen molar-refractivity contribution >= 4 is 5.91 Å². The third kappa shape index (κ3) is 2.96. The smallest absolute Gasteiger partial charge is 0.269 e. The van der Waals surface area contributed by atoms with Crippen molar-refractivity contribution in [2.75, 3.05) is 13.6 Å². The summed E-state index contributed by atoms with van der Waals surface area (Å²) in [5.74, 6) is 1.45. The van der Waals surface area contributed by atoms with Gasteiger partial charge in [0.2, 0.25) is 0 Å². The lowest BCUT2D eigenvalue weighted by molar-refractivity contribution is 0.0954. The van der Waals surface area contributed by atoms with Crippen molar-refractivity contribution in [1.29, 1.82) is 0 Å². The lowest BCUT2D eigenvalue weighted by Crippen LogP contribution is -2.40. The molecule has 2 aromatic rings. The van der Waals surface area contributed by atoms with Gasteiger partial charge in [0.1, 0.15) is 17.3 Å². The maximum absolute atomic E-state index is 11.9. The third-order valence-electron chi connectivity index (χ3n) is 4.48. The summed E-state index contributed by atoms with van der Waals surface area (Å²) in [5, 5.41) is 2.63. The molecule has 3 rings (SSSR count). The number of aromatic amines is 1. The van der Waals surface area contributed by atoms with Crippen molar-refractivity contribution in [3.05, 3.63) is 41.5 Å². The predicted octanol–water partition coefficient (Wildman–Crippen LogP) is 1.38. The number of imidazole rings is 1. The molecule has 1 atom stereocenters. The summed E-state index contributed by atoms with van der Waals surface area (Å²) in [6, 6.07) is 1.72. The van der Waals surface area contributed by atoms with Crippen LogP contribution in [0.3, 0.4) is 0 Å². The topological polar surface area (TPSA) is 86.8 Å². The SMILES string of the molecule is CNC(=O)c1cc(C)nc(C2(C)CCCN2Cc2ncc[nH]2)n1. The summed E-state index contributed by atoms with van der Waals surface area (Å²) < 4.78 is 0. The monoisotopic (exact) mass is 314 g/mol. The van der Waals surface area contributed by atoms with E-state index in [1.54, 1.807) is 19.3 Å². The molecule has 0 bridgehead atoms. The first kappa shape index (κ1) is 15.6. The highest BCUT2D eigenvalue weighted by Crippen LogP contribution is 2.37. The Bertz CT molecular complexity index is 699. The standard InChI is InChI=1S/C16H22N6O/c1-11-9-12(14(23)17-3)21-15(20-11)16(2)5-4-8-22(16)10-13-18-6-7-19-13/h6-7,9H,4-5,8,10H2,1-3H3,(H,17,23)(H,18,19). The van der Waals surface area contributed by atoms with Gasteiger partial charge < -0.3 is 10.3 Å². The van der Waals surface area contributed by atoms with Gasteiger partial charge in [-0.3, -0.25) is 9.69 Å². The fourth-order valence-corrected chi connectivity index (χ4v) is 3.14. The Labute approximate surface area is 135 Å². The normalized spacial score (nSPS) is 21.5. The van der Waals surface area contributed by atoms with Crippen LogP contribution in [0, 0.1) is 6.92 Å². The van der Waals surface area contributed by atoms with Crippen LogP contribution in [-0.2, 0) is 12.1 Å². The van der Waals surface area contributed by atoms with Gasteiger partial charge in [-0.15, -0.1) is 0 Å². The third-order valence-corrected chi connectivity index (χ3v) is 4.48. The van der Waals surface area contributed by atoms with Crippen LogP contribution >= 0.6 is 0 Å². The second-order valence-electron chi connectivity index (χ2n) is 6.13. The van der Waals surface area contributed by atoms with Gasteiger partial charge in [0.15, 0.2) is 0 Å². The number of aryl methyl sites for hydroxylation is 1. The Kier molecular flexibility index (Phi) is 4.12. The fraction of sp³-hybridized carbons (Fsp3) is 0.500. The first-order chi connectivity index (χ1) is 11.0. The molecule has 0 saturated carbocycles. The molecule has 2 N–H and O–H groups in total. The Hall–Kier alpha value is -2.28. The average Bonchev–Trinajstić information content (AvgIpc) is 3.17. The molecule has 3 heterocycles. The van der Waals surface area contributed by atoms with E-state index in [-0.39, 0.29) is 11.4 Å². The predicted molar refractivity (Wildman–Crippen MR) is 85.7 cm³/mol. The molecule has 23 heavy (non-hydrogen) atoms. The van der Waals surface area contributed by atoms with Gasteiger partial charge in [0.05, 0.1) is 12.1 Å². The number of nitrogens with zero attached hydrogens (tertiary/aromatic N) is 4. The molecule has 0 aliphatic carbocycles. The molecule has 0 radical (unpaired) electrons. The van der Waals surface area contributed by atoms with Crippen LogP contribution in [0.25, 0.3) is 0 Å². The van der Waals surface area contributed by atoms with E-state index in [4.69, 9.17) is 0 Å². The zero-order chi connectivity index (χ0) is 16.4. The van der Waals surface area contributed by atoms with Crippen LogP contribution in [0.4, 0.5) is 0 Å². The van der Waals surface area contributed by atoms with Crippen molar-refractivity contribution in [3.63, 3.8) is 0 Å². The first-order valence-electron chi connectivity index (χ1n) is 7.84. The van der Waals surface area contributed by atoms with Gasteiger partial charge >= 0.3 is 0 Å². The number of amides is 1. The summed E-state index contributed by atoms with van der Waals surface area (Å²) >= 11 is 0. The molecule has 1 aliphatic rings. The zero-order valence-corrected chi connectivity index (χ0v) is 13.8. The van der Waals surface area contributed by atoms with E-state index in [2.05, 4.69) is 37.1 Å². The average molecular weight is 314 g/mol. The number of aromatic nitrogens is 4. The number of H-pyrrole nitrogens is 1. The highest BCUT2D eigenvalue weighted by molar-refractivity contribution is 5.92. The number of rotatable bonds is 4. The molecule has 7 heteroatoms. The summed E-state index contributed by atoms with van der Waals surface area (Å²) in [4.78, 5) is 30.9. The molecule has 1 saturated heterocycles. The molecular weight excluding hydrogens is 292 g/mol. The van der Waals surface area contributed by atoms with Gasteiger partial charge in [-0.25, -0.2) is 15.0 Å². The van der Waals surface area contributed by atoms with Crippen molar-refractivity contribution in [2.24, 2.45) is 0 Å². The number of carbonyl (C=O) groups excluding carboxylic acids is 1. The highest BCUT2D eigenvalue weighted by atomic mass is 16.1. The first-order valence-corrected chi connectivity index (χ1v) is 7.84. The van der Waals surface area contributed by atoms with E-state index in [1.165, 1.54) is 0 Å². The summed E-state index contributed by atoms with van der Waals surface area (Å²) in [6.45, 7) is 5.72. The zero-order valence-electron chi connectivity index (χ0n) is 13.8. The molecule has 2 aromatic heterocycles. The van der Waals surface area contributed by atoms with Gasteiger partial charge in [0.25, 0.3) is 5.91 Å². The maximum Gasteiger partial charge on any atom is 0.269 e. The Morgan fingerprint density at radius 1 is 1.48 bits per heavy atom. The quantitative estimate of drug-likeness (QED) is 0.890. The minimum Gasteiger partial charge on any atom is -0.354 e. The summed E-state index contributed by atoms with van der Waals surface area (Å²) in [6.07, 6.45) is 5.62. The molecule has 1 amide bonds. The summed E-state index contributed by atoms with van der Waals surface area (Å²) in [7, 11) is 1.61. The van der Waals surface area contributed by atoms with Gasteiger partial charge in [0, 0.05) is 25.1 Å². The maximum atomic E-state index is 11.9. The Morgan fingerprint density at radius 3 is 3.00 bits per heavy atom. The number of carbonyl (C=O) groups is 1. The van der Waals surface area contributed by atoms with Crippen LogP contribution in [0.2, 0.25) is 0 Å². The molecule has 1 aliphatic heterocycles. The van der Waals surface area contributed by atoms with Crippen LogP contribution < -0.4 is 5.32 Å². The minimum atomic E-state index is -0.290. The molecule has 0 spiro atoms. The van der Waals surface area contributed by atoms with E-state index in [0.29, 0.717) is 11.5 Å². The number of nitrogens with one attached hydrogen (secondary N) is 2. The fourth-order valence-electron chi connectivity index (χ4n) is 3.14. The van der Waals surface area contributed by atoms with E-state index in [0.717, 1.165) is 37.4 Å². The largest absolute Gasteiger partial charge is 0.354 e. The van der Waals surface area contributed by atoms with Crippen molar-refractivity contribution in [1.82, 2.24) is 30.2 Å². The van der Waals surface area contributed by atoms with Gasteiger partial charge in [-0.05, 0) is 39.3 Å². The van der Waals surface area contributed by atoms with Crippen LogP contribution in [0.15, 0.2) is 18.5 Å². The Morgan fingerprint density at radius 2 is 2.30 bits per heavy atom. The van der Waals surface area contributed by atoms with Gasteiger partial charge in [-0.1, -0.05) is 0 Å². The molecule has 1 fully saturated rings. The number of hydrogen-bond donors (Lipinski definition) is 2. The molecule has 1 unspecified atom stereocenters. The van der Waals surface area contributed by atoms with Crippen LogP contribution in [0.1, 0.15) is 47.6 Å². The number of hydrogen-bond acceptors (Lipinski definition) is 5. The summed E-state index contributed by atoms with van der Waals surface area (Å²) in [5.41, 5.74) is 0.933. The van der Waals surface area contributed by atoms with E-state index < -0.39 is 0 Å². The Balaban J connectivity index is 1.94. The molecular formula is C16H22N6O. The second kappa shape index (κ2) is 6.08. The molecule has 0 aromatic carbocycles. The van der Waals surface area contributed by atoms with E-state index in [1.807, 2.05) is 13.1 Å². The van der Waals surface area contributed by atoms with Crippen molar-refractivity contribution in [2.45, 2.75) is 38.8 Å². The highest BCUT2D eigenvalue weighted by Gasteiger charge is 2.41. The lowest BCUT2D eigenvalue weighted by atomic mass is 9.97. The van der Waals surface area contributed by atoms with Crippen molar-refractivity contribution in [3.8, 4) is 0 Å². The van der Waals surface area contributed by atoms with Crippen LogP contribution in [0.5, 0.6) is 0 Å².